The van der Waals surface area contributed by atoms with Crippen LogP contribution < -0.4 is 5.73 Å². The number of nitrogens with zero attached hydrogens (tertiary/aromatic N) is 1. The molecule has 0 aromatic carbocycles. The lowest BCUT2D eigenvalue weighted by Crippen LogP contribution is -2.22. The number of rotatable bonds is 2. The average molecular weight is 100 g/mol. The molecule has 0 saturated carbocycles. The summed E-state index contributed by atoms with van der Waals surface area (Å²) in [4.78, 5) is 0. The highest BCUT2D eigenvalue weighted by Crippen LogP contribution is 1.72. The molecule has 0 bridgehead atoms. The van der Waals surface area contributed by atoms with Gasteiger partial charge in [-0.3, -0.25) is 0 Å². The molecule has 3 nitrogen and oxygen atoms in total. The second-order valence-electron chi connectivity index (χ2n) is 1.19. The first-order valence-corrected chi connectivity index (χ1v) is 1.95. The molecule has 0 aromatic rings. The van der Waals surface area contributed by atoms with E-state index in [1.807, 2.05) is 6.07 Å². The Labute approximate surface area is 42.7 Å². The molecule has 0 aliphatic rings. The molecule has 3 heteroatoms. The van der Waals surface area contributed by atoms with Gasteiger partial charge in [0.15, 0.2) is 0 Å². The first-order chi connectivity index (χ1) is 3.31. The molecule has 40 valence electrons. The van der Waals surface area contributed by atoms with Crippen molar-refractivity contribution in [3.05, 3.63) is 0 Å². The van der Waals surface area contributed by atoms with Crippen molar-refractivity contribution in [3.8, 4) is 6.07 Å². The lowest BCUT2D eigenvalue weighted by Gasteiger charge is -1.95. The molecule has 1 atom stereocenters. The zero-order chi connectivity index (χ0) is 5.70. The minimum absolute atomic E-state index is 0.316. The summed E-state index contributed by atoms with van der Waals surface area (Å²) in [5.41, 5.74) is 5.10. The average Bonchev–Trinajstić information content (AvgIpc) is 1.68. The minimum Gasteiger partial charge on any atom is -0.382 e. The smallest absolute Gasteiger partial charge is 0.116 e. The van der Waals surface area contributed by atoms with Crippen molar-refractivity contribution in [2.75, 3.05) is 13.7 Å². The lowest BCUT2D eigenvalue weighted by atomic mass is 10.4. The summed E-state index contributed by atoms with van der Waals surface area (Å²) in [6, 6.07) is 1.35. The van der Waals surface area contributed by atoms with Crippen molar-refractivity contribution in [3.63, 3.8) is 0 Å². The van der Waals surface area contributed by atoms with E-state index < -0.39 is 6.04 Å². The Balaban J connectivity index is 3.04. The van der Waals surface area contributed by atoms with Crippen molar-refractivity contribution in [1.29, 1.82) is 5.26 Å². The van der Waals surface area contributed by atoms with Gasteiger partial charge in [-0.15, -0.1) is 0 Å². The summed E-state index contributed by atoms with van der Waals surface area (Å²) >= 11 is 0. The molecule has 0 radical (unpaired) electrons. The highest BCUT2D eigenvalue weighted by Gasteiger charge is 1.93. The fourth-order valence-electron chi connectivity index (χ4n) is 0.217. The quantitative estimate of drug-likeness (QED) is 0.508. The van der Waals surface area contributed by atoms with E-state index in [1.54, 1.807) is 0 Å². The predicted octanol–water partition coefficient (Wildman–Crippen LogP) is -0.516. The van der Waals surface area contributed by atoms with Crippen molar-refractivity contribution in [2.45, 2.75) is 6.04 Å². The van der Waals surface area contributed by atoms with Gasteiger partial charge >= 0.3 is 0 Å². The van der Waals surface area contributed by atoms with Crippen LogP contribution in [0.2, 0.25) is 0 Å². The molecular formula is C4H8N2O. The maximum atomic E-state index is 8.01. The van der Waals surface area contributed by atoms with E-state index in [4.69, 9.17) is 11.0 Å². The van der Waals surface area contributed by atoms with Gasteiger partial charge in [0.2, 0.25) is 0 Å². The summed E-state index contributed by atoms with van der Waals surface area (Å²) in [5.74, 6) is 0. The van der Waals surface area contributed by atoms with E-state index in [2.05, 4.69) is 4.74 Å². The Morgan fingerprint density at radius 3 is 2.71 bits per heavy atom. The van der Waals surface area contributed by atoms with Gasteiger partial charge in [0, 0.05) is 7.11 Å². The zero-order valence-corrected chi connectivity index (χ0v) is 4.22. The fraction of sp³-hybridized carbons (Fsp3) is 0.750. The van der Waals surface area contributed by atoms with Crippen LogP contribution in [0.1, 0.15) is 0 Å². The Hall–Kier alpha value is -0.590. The standard InChI is InChI=1S/C4H8N2O/c1-7-3-4(6)2-5/h4H,3,6H2,1H3. The van der Waals surface area contributed by atoms with Crippen LogP contribution in [0.4, 0.5) is 0 Å². The normalized spacial score (nSPS) is 12.7. The van der Waals surface area contributed by atoms with Gasteiger partial charge in [0.05, 0.1) is 12.7 Å². The second kappa shape index (κ2) is 3.59. The summed E-state index contributed by atoms with van der Waals surface area (Å²) in [7, 11) is 1.51. The van der Waals surface area contributed by atoms with Crippen molar-refractivity contribution in [1.82, 2.24) is 0 Å². The van der Waals surface area contributed by atoms with Crippen LogP contribution in [0.3, 0.4) is 0 Å². The van der Waals surface area contributed by atoms with Gasteiger partial charge in [-0.1, -0.05) is 0 Å². The zero-order valence-electron chi connectivity index (χ0n) is 4.22. The first kappa shape index (κ1) is 6.41. The van der Waals surface area contributed by atoms with Gasteiger partial charge in [0.1, 0.15) is 6.04 Å². The number of methoxy groups -OCH3 is 1. The number of hydrogen-bond donors (Lipinski definition) is 1. The summed E-state index contributed by atoms with van der Waals surface area (Å²) in [6.07, 6.45) is 0. The van der Waals surface area contributed by atoms with Gasteiger partial charge in [-0.2, -0.15) is 5.26 Å². The van der Waals surface area contributed by atoms with Crippen LogP contribution in [0.25, 0.3) is 0 Å². The van der Waals surface area contributed by atoms with E-state index >= 15 is 0 Å². The lowest BCUT2D eigenvalue weighted by molar-refractivity contribution is 0.193. The molecule has 0 heterocycles. The second-order valence-corrected chi connectivity index (χ2v) is 1.19. The molecule has 2 N–H and O–H groups in total. The highest BCUT2D eigenvalue weighted by atomic mass is 16.5. The number of nitriles is 1. The highest BCUT2D eigenvalue weighted by molar-refractivity contribution is 4.85. The summed E-state index contributed by atoms with van der Waals surface area (Å²) in [5, 5.41) is 8.01. The Kier molecular flexibility index (Phi) is 3.29. The molecule has 0 aliphatic carbocycles. The van der Waals surface area contributed by atoms with Crippen LogP contribution in [-0.2, 0) is 4.74 Å². The number of ether oxygens (including phenoxy) is 1. The van der Waals surface area contributed by atoms with Gasteiger partial charge in [-0.25, -0.2) is 0 Å². The molecule has 1 unspecified atom stereocenters. The van der Waals surface area contributed by atoms with E-state index in [1.165, 1.54) is 7.11 Å². The summed E-state index contributed by atoms with van der Waals surface area (Å²) < 4.78 is 4.55. The first-order valence-electron chi connectivity index (χ1n) is 1.95. The minimum atomic E-state index is -0.468. The third-order valence-corrected chi connectivity index (χ3v) is 0.512. The fourth-order valence-corrected chi connectivity index (χ4v) is 0.217. The van der Waals surface area contributed by atoms with Crippen molar-refractivity contribution >= 4 is 0 Å². The molecule has 0 saturated heterocycles. The van der Waals surface area contributed by atoms with Gasteiger partial charge in [0.25, 0.3) is 0 Å². The van der Waals surface area contributed by atoms with Crippen LogP contribution in [0.15, 0.2) is 0 Å². The Morgan fingerprint density at radius 2 is 2.57 bits per heavy atom. The Morgan fingerprint density at radius 1 is 2.00 bits per heavy atom. The maximum Gasteiger partial charge on any atom is 0.116 e. The largest absolute Gasteiger partial charge is 0.382 e. The van der Waals surface area contributed by atoms with Crippen LogP contribution in [-0.4, -0.2) is 19.8 Å². The van der Waals surface area contributed by atoms with E-state index in [0.29, 0.717) is 6.61 Å². The molecule has 0 amide bonds. The van der Waals surface area contributed by atoms with Crippen LogP contribution >= 0.6 is 0 Å². The van der Waals surface area contributed by atoms with Gasteiger partial charge in [-0.05, 0) is 0 Å². The molecule has 0 aromatic heterocycles. The van der Waals surface area contributed by atoms with E-state index in [9.17, 15) is 0 Å². The number of hydrogen-bond acceptors (Lipinski definition) is 3. The van der Waals surface area contributed by atoms with Crippen LogP contribution in [0.5, 0.6) is 0 Å². The molecule has 0 rings (SSSR count). The molecule has 0 fully saturated rings. The maximum absolute atomic E-state index is 8.01. The third kappa shape index (κ3) is 3.23. The number of nitrogens with two attached hydrogens (primary N) is 1. The van der Waals surface area contributed by atoms with Crippen molar-refractivity contribution < 1.29 is 4.74 Å². The van der Waals surface area contributed by atoms with Crippen molar-refractivity contribution in [2.24, 2.45) is 5.73 Å². The van der Waals surface area contributed by atoms with E-state index in [-0.39, 0.29) is 0 Å². The monoisotopic (exact) mass is 100 g/mol. The Bertz CT molecular complexity index is 76.2. The third-order valence-electron chi connectivity index (χ3n) is 0.512. The molecule has 7 heavy (non-hydrogen) atoms. The predicted molar refractivity (Wildman–Crippen MR) is 25.5 cm³/mol. The molecule has 0 spiro atoms. The van der Waals surface area contributed by atoms with Crippen LogP contribution in [0, 0.1) is 11.3 Å². The van der Waals surface area contributed by atoms with E-state index in [0.717, 1.165) is 0 Å². The summed E-state index contributed by atoms with van der Waals surface area (Å²) in [6.45, 7) is 0.316. The topological polar surface area (TPSA) is 59.0 Å². The SMILES string of the molecule is COCC(N)C#N. The molecule has 0 aliphatic heterocycles. The molecular weight excluding hydrogens is 92.1 g/mol. The van der Waals surface area contributed by atoms with Gasteiger partial charge < -0.3 is 10.5 Å².